The van der Waals surface area contributed by atoms with E-state index in [-0.39, 0.29) is 24.5 Å². The molecule has 0 fully saturated rings. The molecule has 0 spiro atoms. The zero-order chi connectivity index (χ0) is 15.4. The minimum atomic E-state index is -0.406. The molecule has 112 valence electrons. The molecule has 21 heavy (non-hydrogen) atoms. The summed E-state index contributed by atoms with van der Waals surface area (Å²) in [5, 5.41) is 2.37. The van der Waals surface area contributed by atoms with Gasteiger partial charge < -0.3 is 4.90 Å². The number of rotatable bonds is 4. The lowest BCUT2D eigenvalue weighted by molar-refractivity contribution is -0.136. The maximum absolute atomic E-state index is 12.5. The quantitative estimate of drug-likeness (QED) is 0.827. The van der Waals surface area contributed by atoms with Crippen LogP contribution in [0, 0.1) is 0 Å². The predicted molar refractivity (Wildman–Crippen MR) is 80.0 cm³/mol. The molecule has 0 saturated carbocycles. The minimum absolute atomic E-state index is 0.0395. The van der Waals surface area contributed by atoms with Gasteiger partial charge in [-0.15, -0.1) is 6.58 Å². The number of carbonyl (C=O) groups excluding carboxylic acids is 1. The summed E-state index contributed by atoms with van der Waals surface area (Å²) in [6, 6.07) is 2.31. The van der Waals surface area contributed by atoms with Gasteiger partial charge in [0.2, 0.25) is 5.91 Å². The fraction of sp³-hybridized carbons (Fsp3) is 0.400. The Hall–Kier alpha value is -2.37. The standard InChI is InChI=1S/C15H19N3O3/c1-3-5-12-7-4-6-11(2)18(12)15(21)10-17-14(20)9-8-13(19)16-17/h3-4,6,8-9,11-12H,1,5,7,10H2,2H3,(H,16,19)/t11-,12-/m1/s1. The molecule has 0 saturated heterocycles. The second-order valence-electron chi connectivity index (χ2n) is 5.12. The second kappa shape index (κ2) is 6.39. The number of hydrogen-bond donors (Lipinski definition) is 1. The maximum atomic E-state index is 12.5. The third-order valence-electron chi connectivity index (χ3n) is 3.56. The van der Waals surface area contributed by atoms with E-state index in [0.29, 0.717) is 6.42 Å². The van der Waals surface area contributed by atoms with Gasteiger partial charge in [0.25, 0.3) is 11.1 Å². The number of H-pyrrole nitrogens is 1. The molecule has 2 rings (SSSR count). The minimum Gasteiger partial charge on any atom is -0.331 e. The summed E-state index contributed by atoms with van der Waals surface area (Å²) in [4.78, 5) is 37.2. The fourth-order valence-electron chi connectivity index (χ4n) is 2.60. The zero-order valence-corrected chi connectivity index (χ0v) is 12.0. The van der Waals surface area contributed by atoms with Crippen LogP contribution in [0.15, 0.2) is 46.5 Å². The van der Waals surface area contributed by atoms with Crippen molar-refractivity contribution in [3.63, 3.8) is 0 Å². The van der Waals surface area contributed by atoms with Gasteiger partial charge in [0.1, 0.15) is 6.54 Å². The van der Waals surface area contributed by atoms with Gasteiger partial charge in [-0.3, -0.25) is 19.5 Å². The maximum Gasteiger partial charge on any atom is 0.265 e. The highest BCUT2D eigenvalue weighted by molar-refractivity contribution is 5.77. The lowest BCUT2D eigenvalue weighted by Gasteiger charge is -2.37. The van der Waals surface area contributed by atoms with E-state index in [1.807, 2.05) is 13.0 Å². The van der Waals surface area contributed by atoms with Crippen LogP contribution in [0.5, 0.6) is 0 Å². The number of hydrogen-bond acceptors (Lipinski definition) is 3. The molecule has 0 aromatic carbocycles. The van der Waals surface area contributed by atoms with Crippen molar-refractivity contribution in [2.75, 3.05) is 0 Å². The molecular formula is C15H19N3O3. The van der Waals surface area contributed by atoms with Crippen LogP contribution in [0.25, 0.3) is 0 Å². The fourth-order valence-corrected chi connectivity index (χ4v) is 2.60. The molecule has 0 bridgehead atoms. The van der Waals surface area contributed by atoms with Gasteiger partial charge in [-0.1, -0.05) is 18.2 Å². The van der Waals surface area contributed by atoms with E-state index in [0.717, 1.165) is 23.2 Å². The summed E-state index contributed by atoms with van der Waals surface area (Å²) in [6.45, 7) is 5.48. The van der Waals surface area contributed by atoms with Gasteiger partial charge in [0.05, 0.1) is 0 Å². The van der Waals surface area contributed by atoms with Crippen LogP contribution in [0.4, 0.5) is 0 Å². The van der Waals surface area contributed by atoms with E-state index < -0.39 is 11.1 Å². The Labute approximate surface area is 122 Å². The number of nitrogens with zero attached hydrogens (tertiary/aromatic N) is 2. The van der Waals surface area contributed by atoms with Crippen molar-refractivity contribution in [2.45, 2.75) is 38.4 Å². The number of aromatic amines is 1. The Balaban J connectivity index is 2.23. The van der Waals surface area contributed by atoms with E-state index in [2.05, 4.69) is 17.8 Å². The van der Waals surface area contributed by atoms with Crippen LogP contribution >= 0.6 is 0 Å². The van der Waals surface area contributed by atoms with Crippen LogP contribution in [-0.2, 0) is 11.3 Å². The molecule has 1 amide bonds. The lowest BCUT2D eigenvalue weighted by atomic mass is 10.0. The first kappa shape index (κ1) is 15.0. The van der Waals surface area contributed by atoms with Crippen molar-refractivity contribution < 1.29 is 4.79 Å². The van der Waals surface area contributed by atoms with E-state index in [1.165, 1.54) is 0 Å². The molecule has 1 N–H and O–H groups in total. The number of nitrogens with one attached hydrogen (secondary N) is 1. The molecule has 0 aliphatic carbocycles. The summed E-state index contributed by atoms with van der Waals surface area (Å²) in [5.41, 5.74) is -0.806. The Bertz CT molecular complexity index is 671. The van der Waals surface area contributed by atoms with Gasteiger partial charge in [-0.2, -0.15) is 0 Å². The first-order valence-electron chi connectivity index (χ1n) is 6.92. The Kier molecular flexibility index (Phi) is 4.57. The summed E-state index contributed by atoms with van der Waals surface area (Å²) < 4.78 is 1.04. The highest BCUT2D eigenvalue weighted by Gasteiger charge is 2.28. The summed E-state index contributed by atoms with van der Waals surface area (Å²) in [5.74, 6) is -0.192. The highest BCUT2D eigenvalue weighted by Crippen LogP contribution is 2.20. The summed E-state index contributed by atoms with van der Waals surface area (Å²) >= 11 is 0. The van der Waals surface area contributed by atoms with Crippen LogP contribution in [0.2, 0.25) is 0 Å². The van der Waals surface area contributed by atoms with E-state index in [9.17, 15) is 14.4 Å². The van der Waals surface area contributed by atoms with Crippen LogP contribution < -0.4 is 11.1 Å². The average Bonchev–Trinajstić information content (AvgIpc) is 2.43. The number of amides is 1. The van der Waals surface area contributed by atoms with Gasteiger partial charge in [0.15, 0.2) is 0 Å². The van der Waals surface area contributed by atoms with Crippen molar-refractivity contribution in [3.8, 4) is 0 Å². The van der Waals surface area contributed by atoms with Crippen molar-refractivity contribution in [1.29, 1.82) is 0 Å². The predicted octanol–water partition coefficient (Wildman–Crippen LogP) is 0.658. The molecule has 0 radical (unpaired) electrons. The Morgan fingerprint density at radius 2 is 2.24 bits per heavy atom. The van der Waals surface area contributed by atoms with Gasteiger partial charge in [-0.25, -0.2) is 4.68 Å². The Morgan fingerprint density at radius 1 is 1.48 bits per heavy atom. The molecule has 1 aliphatic rings. The van der Waals surface area contributed by atoms with Crippen molar-refractivity contribution >= 4 is 5.91 Å². The van der Waals surface area contributed by atoms with E-state index in [4.69, 9.17) is 0 Å². The number of aromatic nitrogens is 2. The van der Waals surface area contributed by atoms with E-state index >= 15 is 0 Å². The van der Waals surface area contributed by atoms with Crippen molar-refractivity contribution in [2.24, 2.45) is 0 Å². The van der Waals surface area contributed by atoms with Crippen LogP contribution in [0.3, 0.4) is 0 Å². The van der Waals surface area contributed by atoms with Crippen LogP contribution in [-0.4, -0.2) is 32.7 Å². The third-order valence-corrected chi connectivity index (χ3v) is 3.56. The summed E-state index contributed by atoms with van der Waals surface area (Å²) in [7, 11) is 0. The number of carbonyl (C=O) groups is 1. The smallest absolute Gasteiger partial charge is 0.265 e. The molecule has 2 heterocycles. The zero-order valence-electron chi connectivity index (χ0n) is 12.0. The van der Waals surface area contributed by atoms with E-state index in [1.54, 1.807) is 11.0 Å². The van der Waals surface area contributed by atoms with Crippen molar-refractivity contribution in [3.05, 3.63) is 57.6 Å². The summed E-state index contributed by atoms with van der Waals surface area (Å²) in [6.07, 6.45) is 7.27. The monoisotopic (exact) mass is 289 g/mol. The molecule has 6 nitrogen and oxygen atoms in total. The van der Waals surface area contributed by atoms with Crippen LogP contribution in [0.1, 0.15) is 19.8 Å². The largest absolute Gasteiger partial charge is 0.331 e. The second-order valence-corrected chi connectivity index (χ2v) is 5.12. The molecule has 1 aromatic heterocycles. The van der Waals surface area contributed by atoms with Gasteiger partial charge >= 0.3 is 0 Å². The Morgan fingerprint density at radius 3 is 2.95 bits per heavy atom. The SMILES string of the molecule is C=CC[C@@H]1CC=C[C@@H](C)N1C(=O)Cn1[nH]c(=O)ccc1=O. The molecule has 1 aliphatic heterocycles. The average molecular weight is 289 g/mol. The van der Waals surface area contributed by atoms with Gasteiger partial charge in [0, 0.05) is 24.2 Å². The first-order valence-corrected chi connectivity index (χ1v) is 6.92. The molecule has 1 aromatic rings. The molecule has 2 atom stereocenters. The molecule has 0 unspecified atom stereocenters. The topological polar surface area (TPSA) is 75.2 Å². The normalized spacial score (nSPS) is 21.3. The first-order chi connectivity index (χ1) is 10.0. The van der Waals surface area contributed by atoms with Gasteiger partial charge in [-0.05, 0) is 19.8 Å². The molecular weight excluding hydrogens is 270 g/mol. The lowest BCUT2D eigenvalue weighted by Crippen LogP contribution is -2.49. The third kappa shape index (κ3) is 3.39. The highest BCUT2D eigenvalue weighted by atomic mass is 16.2. The molecule has 6 heteroatoms. The van der Waals surface area contributed by atoms with Crippen molar-refractivity contribution in [1.82, 2.24) is 14.7 Å².